The molecular weight excluding hydrogens is 274 g/mol. The fourth-order valence-corrected chi connectivity index (χ4v) is 2.10. The van der Waals surface area contributed by atoms with E-state index < -0.39 is 0 Å². The predicted molar refractivity (Wildman–Crippen MR) is 66.1 cm³/mol. The van der Waals surface area contributed by atoms with E-state index in [9.17, 15) is 0 Å². The molecule has 1 N–H and O–H groups in total. The van der Waals surface area contributed by atoms with Gasteiger partial charge < -0.3 is 5.32 Å². The van der Waals surface area contributed by atoms with Crippen molar-refractivity contribution in [2.45, 2.75) is 13.0 Å². The lowest BCUT2D eigenvalue weighted by Gasteiger charge is -2.12. The van der Waals surface area contributed by atoms with Crippen LogP contribution in [0.4, 0.5) is 5.69 Å². The second-order valence-corrected chi connectivity index (χ2v) is 4.68. The standard InChI is InChI=1S/C10H10BrN3S/c1-7(9-5-15-6-13-9)14-8-2-3-10(11)12-4-8/h2-7,14H,1H3. The highest BCUT2D eigenvalue weighted by Gasteiger charge is 2.06. The number of pyridine rings is 1. The molecule has 15 heavy (non-hydrogen) atoms. The maximum atomic E-state index is 4.26. The lowest BCUT2D eigenvalue weighted by atomic mass is 10.2. The molecule has 2 aromatic heterocycles. The van der Waals surface area contributed by atoms with E-state index in [2.05, 4.69) is 38.1 Å². The maximum Gasteiger partial charge on any atom is 0.106 e. The van der Waals surface area contributed by atoms with Crippen LogP contribution in [-0.2, 0) is 0 Å². The van der Waals surface area contributed by atoms with E-state index in [0.717, 1.165) is 16.0 Å². The molecule has 5 heteroatoms. The number of rotatable bonds is 3. The van der Waals surface area contributed by atoms with Gasteiger partial charge in [0.2, 0.25) is 0 Å². The molecule has 0 radical (unpaired) electrons. The van der Waals surface area contributed by atoms with Gasteiger partial charge in [-0.2, -0.15) is 0 Å². The summed E-state index contributed by atoms with van der Waals surface area (Å²) in [5.74, 6) is 0. The van der Waals surface area contributed by atoms with Crippen LogP contribution in [0.2, 0.25) is 0 Å². The Morgan fingerprint density at radius 2 is 2.27 bits per heavy atom. The largest absolute Gasteiger partial charge is 0.376 e. The number of hydrogen-bond donors (Lipinski definition) is 1. The highest BCUT2D eigenvalue weighted by Crippen LogP contribution is 2.19. The van der Waals surface area contributed by atoms with E-state index in [-0.39, 0.29) is 6.04 Å². The first kappa shape index (κ1) is 10.6. The third-order valence-corrected chi connectivity index (χ3v) is 3.08. The number of nitrogens with zero attached hydrogens (tertiary/aromatic N) is 2. The third kappa shape index (κ3) is 2.76. The zero-order valence-corrected chi connectivity index (χ0v) is 10.5. The van der Waals surface area contributed by atoms with Gasteiger partial charge >= 0.3 is 0 Å². The first-order chi connectivity index (χ1) is 7.25. The first-order valence-corrected chi connectivity index (χ1v) is 6.25. The summed E-state index contributed by atoms with van der Waals surface area (Å²) < 4.78 is 0.842. The fourth-order valence-electron chi connectivity index (χ4n) is 1.22. The van der Waals surface area contributed by atoms with E-state index in [1.807, 2.05) is 23.0 Å². The van der Waals surface area contributed by atoms with Crippen LogP contribution in [0, 0.1) is 0 Å². The van der Waals surface area contributed by atoms with Crippen LogP contribution in [0.25, 0.3) is 0 Å². The second kappa shape index (κ2) is 4.72. The molecule has 1 atom stereocenters. The molecule has 78 valence electrons. The Morgan fingerprint density at radius 3 is 2.87 bits per heavy atom. The minimum Gasteiger partial charge on any atom is -0.376 e. The molecule has 2 aromatic rings. The van der Waals surface area contributed by atoms with Crippen LogP contribution in [0.5, 0.6) is 0 Å². The van der Waals surface area contributed by atoms with Gasteiger partial charge in [0.15, 0.2) is 0 Å². The minimum absolute atomic E-state index is 0.208. The van der Waals surface area contributed by atoms with E-state index in [0.29, 0.717) is 0 Å². The van der Waals surface area contributed by atoms with Gasteiger partial charge in [0.1, 0.15) is 4.60 Å². The summed E-state index contributed by atoms with van der Waals surface area (Å²) in [6.07, 6.45) is 1.80. The Balaban J connectivity index is 2.06. The number of thiazole rings is 1. The van der Waals surface area contributed by atoms with Crippen molar-refractivity contribution in [1.29, 1.82) is 0 Å². The molecule has 0 saturated heterocycles. The van der Waals surface area contributed by atoms with E-state index in [1.165, 1.54) is 0 Å². The number of anilines is 1. The highest BCUT2D eigenvalue weighted by molar-refractivity contribution is 9.10. The molecule has 0 bridgehead atoms. The summed E-state index contributed by atoms with van der Waals surface area (Å²) in [5, 5.41) is 5.38. The molecule has 0 saturated carbocycles. The van der Waals surface area contributed by atoms with E-state index in [1.54, 1.807) is 17.5 Å². The number of hydrogen-bond acceptors (Lipinski definition) is 4. The van der Waals surface area contributed by atoms with Gasteiger partial charge in [0.25, 0.3) is 0 Å². The molecule has 0 aliphatic heterocycles. The molecule has 0 amide bonds. The molecule has 0 aliphatic rings. The lowest BCUT2D eigenvalue weighted by molar-refractivity contribution is 0.848. The molecule has 0 fully saturated rings. The summed E-state index contributed by atoms with van der Waals surface area (Å²) >= 11 is 4.91. The van der Waals surface area contributed by atoms with E-state index >= 15 is 0 Å². The zero-order chi connectivity index (χ0) is 10.7. The summed E-state index contributed by atoms with van der Waals surface area (Å²) in [5.41, 5.74) is 3.90. The van der Waals surface area contributed by atoms with Crippen LogP contribution < -0.4 is 5.32 Å². The molecule has 0 aromatic carbocycles. The number of aromatic nitrogens is 2. The normalized spacial score (nSPS) is 12.4. The van der Waals surface area contributed by atoms with Crippen molar-refractivity contribution in [3.8, 4) is 0 Å². The maximum absolute atomic E-state index is 4.26. The topological polar surface area (TPSA) is 37.8 Å². The zero-order valence-electron chi connectivity index (χ0n) is 8.14. The summed E-state index contributed by atoms with van der Waals surface area (Å²) in [6, 6.07) is 4.11. The van der Waals surface area contributed by atoms with Crippen LogP contribution in [-0.4, -0.2) is 9.97 Å². The summed E-state index contributed by atoms with van der Waals surface area (Å²) in [7, 11) is 0. The van der Waals surface area contributed by atoms with Gasteiger partial charge in [0.05, 0.1) is 29.1 Å². The Bertz CT molecular complexity index is 413. The smallest absolute Gasteiger partial charge is 0.106 e. The van der Waals surface area contributed by atoms with Crippen molar-refractivity contribution in [3.63, 3.8) is 0 Å². The van der Waals surface area contributed by atoms with Gasteiger partial charge in [-0.05, 0) is 35.0 Å². The number of nitrogens with one attached hydrogen (secondary N) is 1. The van der Waals surface area contributed by atoms with Crippen LogP contribution in [0.3, 0.4) is 0 Å². The van der Waals surface area contributed by atoms with Crippen molar-refractivity contribution in [2.75, 3.05) is 5.32 Å². The Kier molecular flexibility index (Phi) is 3.33. The molecule has 3 nitrogen and oxygen atoms in total. The number of halogens is 1. The van der Waals surface area contributed by atoms with Crippen molar-refractivity contribution < 1.29 is 0 Å². The summed E-state index contributed by atoms with van der Waals surface area (Å²) in [6.45, 7) is 2.08. The average molecular weight is 284 g/mol. The van der Waals surface area contributed by atoms with Crippen molar-refractivity contribution in [2.24, 2.45) is 0 Å². The van der Waals surface area contributed by atoms with Gasteiger partial charge in [-0.25, -0.2) is 9.97 Å². The quantitative estimate of drug-likeness (QED) is 0.877. The molecule has 2 heterocycles. The van der Waals surface area contributed by atoms with Crippen molar-refractivity contribution >= 4 is 33.0 Å². The highest BCUT2D eigenvalue weighted by atomic mass is 79.9. The Hall–Kier alpha value is -0.940. The monoisotopic (exact) mass is 283 g/mol. The van der Waals surface area contributed by atoms with Crippen LogP contribution >= 0.6 is 27.3 Å². The predicted octanol–water partition coefficient (Wildman–Crippen LogP) is 3.47. The first-order valence-electron chi connectivity index (χ1n) is 4.52. The fraction of sp³-hybridized carbons (Fsp3) is 0.200. The molecule has 1 unspecified atom stereocenters. The van der Waals surface area contributed by atoms with Crippen molar-refractivity contribution in [3.05, 3.63) is 39.5 Å². The molecule has 2 rings (SSSR count). The van der Waals surface area contributed by atoms with Gasteiger partial charge in [0, 0.05) is 5.38 Å². The summed E-state index contributed by atoms with van der Waals surface area (Å²) in [4.78, 5) is 8.41. The van der Waals surface area contributed by atoms with Gasteiger partial charge in [-0.15, -0.1) is 11.3 Å². The lowest BCUT2D eigenvalue weighted by Crippen LogP contribution is -2.06. The van der Waals surface area contributed by atoms with Gasteiger partial charge in [-0.1, -0.05) is 0 Å². The van der Waals surface area contributed by atoms with Crippen LogP contribution in [0.1, 0.15) is 18.7 Å². The van der Waals surface area contributed by atoms with E-state index in [4.69, 9.17) is 0 Å². The Morgan fingerprint density at radius 1 is 1.40 bits per heavy atom. The molecule has 0 spiro atoms. The Labute approximate surface area is 101 Å². The van der Waals surface area contributed by atoms with Crippen LogP contribution in [0.15, 0.2) is 33.8 Å². The molecule has 0 aliphatic carbocycles. The second-order valence-electron chi connectivity index (χ2n) is 3.15. The molecular formula is C10H10BrN3S. The van der Waals surface area contributed by atoms with Crippen molar-refractivity contribution in [1.82, 2.24) is 9.97 Å². The van der Waals surface area contributed by atoms with Gasteiger partial charge in [-0.3, -0.25) is 0 Å². The minimum atomic E-state index is 0.208. The average Bonchev–Trinajstić information content (AvgIpc) is 2.74. The SMILES string of the molecule is CC(Nc1ccc(Br)nc1)c1cscn1. The third-order valence-electron chi connectivity index (χ3n) is 2.01.